The molecule has 8 heteroatoms. The Bertz CT molecular complexity index is 1520. The maximum Gasteiger partial charge on any atom is 0.261 e. The highest BCUT2D eigenvalue weighted by Crippen LogP contribution is 2.27. The highest BCUT2D eigenvalue weighted by Gasteiger charge is 2.20. The van der Waals surface area contributed by atoms with Crippen LogP contribution in [0.15, 0.2) is 78.9 Å². The zero-order chi connectivity index (χ0) is 27.9. The molecule has 200 valence electrons. The van der Waals surface area contributed by atoms with Crippen molar-refractivity contribution in [3.05, 3.63) is 112 Å². The Labute approximate surface area is 229 Å². The van der Waals surface area contributed by atoms with Gasteiger partial charge in [0.2, 0.25) is 0 Å². The van der Waals surface area contributed by atoms with Crippen molar-refractivity contribution in [1.82, 2.24) is 4.98 Å². The maximum atomic E-state index is 10.8. The van der Waals surface area contributed by atoms with Crippen LogP contribution in [-0.2, 0) is 22.1 Å². The molecule has 38 heavy (non-hydrogen) atoms. The first-order chi connectivity index (χ1) is 17.8. The monoisotopic (exact) mass is 553 g/mol. The van der Waals surface area contributed by atoms with Crippen molar-refractivity contribution in [2.24, 2.45) is 0 Å². The number of hydrogen-bond acceptors (Lipinski definition) is 5. The number of aryl methyl sites for hydroxylation is 1. The standard InChI is InChI=1S/C29H28ClNO2.CH4O3S/c1-29(2,33)26-9-4-3-7-21(26)13-17-28(32)23-8-5-6-20(18-23)10-15-25-16-12-22-11-14-24(30)19-27(22)31-25;1-5(2,3)4/h3-12,14-16,18-19,28,32-33H,13,17H2,1-2H3;1H3,(H,2,3,4)/t28-;/m0./s1. The van der Waals surface area contributed by atoms with Gasteiger partial charge in [-0.25, -0.2) is 4.98 Å². The van der Waals surface area contributed by atoms with Crippen molar-refractivity contribution in [2.45, 2.75) is 38.4 Å². The van der Waals surface area contributed by atoms with E-state index in [0.717, 1.165) is 38.9 Å². The summed E-state index contributed by atoms with van der Waals surface area (Å²) in [5.74, 6) is 0. The van der Waals surface area contributed by atoms with Gasteiger partial charge in [-0.15, -0.1) is 0 Å². The fourth-order valence-corrected chi connectivity index (χ4v) is 4.21. The van der Waals surface area contributed by atoms with Crippen molar-refractivity contribution in [3.8, 4) is 0 Å². The number of nitrogens with zero attached hydrogens (tertiary/aromatic N) is 1. The topological polar surface area (TPSA) is 108 Å². The Morgan fingerprint density at radius 2 is 1.66 bits per heavy atom. The number of pyridine rings is 1. The molecular weight excluding hydrogens is 522 g/mol. The number of hydrogen-bond donors (Lipinski definition) is 3. The summed E-state index contributed by atoms with van der Waals surface area (Å²) in [7, 11) is -3.67. The van der Waals surface area contributed by atoms with Crippen LogP contribution in [-0.4, -0.2) is 34.4 Å². The van der Waals surface area contributed by atoms with Crippen LogP contribution in [0.4, 0.5) is 0 Å². The van der Waals surface area contributed by atoms with Gasteiger partial charge in [0.1, 0.15) is 0 Å². The molecule has 0 bridgehead atoms. The number of aliphatic hydroxyl groups is 2. The lowest BCUT2D eigenvalue weighted by Gasteiger charge is -2.22. The van der Waals surface area contributed by atoms with E-state index in [2.05, 4.69) is 4.98 Å². The molecule has 0 aliphatic carbocycles. The van der Waals surface area contributed by atoms with Crippen LogP contribution in [0.5, 0.6) is 0 Å². The first-order valence-corrected chi connectivity index (χ1v) is 14.3. The fraction of sp³-hybridized carbons (Fsp3) is 0.233. The number of aromatic nitrogens is 1. The van der Waals surface area contributed by atoms with E-state index in [-0.39, 0.29) is 0 Å². The summed E-state index contributed by atoms with van der Waals surface area (Å²) in [5, 5.41) is 23.0. The SMILES string of the molecule is CC(C)(O)c1ccccc1CC[C@H](O)c1cccc(C=Cc2ccc3ccc(Cl)cc3n2)c1.CS(=O)(=O)O. The molecule has 1 atom stereocenters. The summed E-state index contributed by atoms with van der Waals surface area (Å²) in [6.45, 7) is 3.58. The van der Waals surface area contributed by atoms with Gasteiger partial charge in [0, 0.05) is 10.4 Å². The molecule has 0 unspecified atom stereocenters. The molecule has 3 aromatic carbocycles. The summed E-state index contributed by atoms with van der Waals surface area (Å²) in [4.78, 5) is 4.66. The quantitative estimate of drug-likeness (QED) is 0.227. The largest absolute Gasteiger partial charge is 0.388 e. The molecule has 1 aromatic heterocycles. The number of rotatable bonds is 7. The molecule has 0 aliphatic rings. The molecule has 4 rings (SSSR count). The van der Waals surface area contributed by atoms with E-state index in [4.69, 9.17) is 16.2 Å². The molecule has 4 aromatic rings. The molecule has 0 spiro atoms. The van der Waals surface area contributed by atoms with E-state index < -0.39 is 21.8 Å². The average Bonchev–Trinajstić information content (AvgIpc) is 2.84. The minimum atomic E-state index is -3.67. The zero-order valence-corrected chi connectivity index (χ0v) is 23.1. The molecule has 0 aliphatic heterocycles. The Morgan fingerprint density at radius 1 is 0.974 bits per heavy atom. The third-order valence-electron chi connectivity index (χ3n) is 5.78. The minimum Gasteiger partial charge on any atom is -0.388 e. The lowest BCUT2D eigenvalue weighted by molar-refractivity contribution is 0.0772. The van der Waals surface area contributed by atoms with E-state index in [1.54, 1.807) is 13.8 Å². The summed E-state index contributed by atoms with van der Waals surface area (Å²) in [5.41, 5.74) is 4.63. The molecule has 6 nitrogen and oxygen atoms in total. The summed E-state index contributed by atoms with van der Waals surface area (Å²) >= 11 is 6.09. The summed E-state index contributed by atoms with van der Waals surface area (Å²) in [6.07, 6.45) is 5.35. The number of benzene rings is 3. The third-order valence-corrected chi connectivity index (χ3v) is 6.02. The van der Waals surface area contributed by atoms with Crippen molar-refractivity contribution >= 4 is 44.8 Å². The molecule has 1 heterocycles. The molecule has 0 radical (unpaired) electrons. The van der Waals surface area contributed by atoms with Gasteiger partial charge in [0.05, 0.1) is 29.2 Å². The molecule has 0 amide bonds. The van der Waals surface area contributed by atoms with E-state index in [1.165, 1.54) is 0 Å². The molecule has 0 saturated carbocycles. The van der Waals surface area contributed by atoms with Crippen LogP contribution < -0.4 is 0 Å². The molecule has 3 N–H and O–H groups in total. The lowest BCUT2D eigenvalue weighted by Crippen LogP contribution is -2.18. The fourth-order valence-electron chi connectivity index (χ4n) is 4.04. The van der Waals surface area contributed by atoms with Gasteiger partial charge in [-0.05, 0) is 79.3 Å². The summed E-state index contributed by atoms with van der Waals surface area (Å²) < 4.78 is 25.9. The molecule has 0 saturated heterocycles. The second kappa shape index (κ2) is 12.7. The van der Waals surface area contributed by atoms with Crippen LogP contribution in [0.3, 0.4) is 0 Å². The zero-order valence-electron chi connectivity index (χ0n) is 21.5. The van der Waals surface area contributed by atoms with Gasteiger partial charge in [-0.3, -0.25) is 4.55 Å². The van der Waals surface area contributed by atoms with Crippen molar-refractivity contribution in [3.63, 3.8) is 0 Å². The van der Waals surface area contributed by atoms with E-state index in [0.29, 0.717) is 24.1 Å². The second-order valence-electron chi connectivity index (χ2n) is 9.58. The van der Waals surface area contributed by atoms with Crippen molar-refractivity contribution in [2.75, 3.05) is 6.26 Å². The van der Waals surface area contributed by atoms with Gasteiger partial charge in [0.25, 0.3) is 10.1 Å². The van der Waals surface area contributed by atoms with Crippen LogP contribution in [0.1, 0.15) is 54.3 Å². The third kappa shape index (κ3) is 9.35. The highest BCUT2D eigenvalue weighted by atomic mass is 35.5. The first-order valence-electron chi connectivity index (χ1n) is 12.1. The van der Waals surface area contributed by atoms with Crippen LogP contribution >= 0.6 is 11.6 Å². The van der Waals surface area contributed by atoms with Gasteiger partial charge < -0.3 is 10.2 Å². The predicted octanol–water partition coefficient (Wildman–Crippen LogP) is 6.46. The maximum absolute atomic E-state index is 10.8. The van der Waals surface area contributed by atoms with Crippen LogP contribution in [0.2, 0.25) is 5.02 Å². The molecule has 0 fully saturated rings. The average molecular weight is 554 g/mol. The van der Waals surface area contributed by atoms with Crippen LogP contribution in [0.25, 0.3) is 23.1 Å². The van der Waals surface area contributed by atoms with Crippen LogP contribution in [0, 0.1) is 0 Å². The lowest BCUT2D eigenvalue weighted by atomic mass is 9.90. The Kier molecular flexibility index (Phi) is 9.82. The van der Waals surface area contributed by atoms with Gasteiger partial charge in [-0.2, -0.15) is 8.42 Å². The summed E-state index contributed by atoms with van der Waals surface area (Å²) in [6, 6.07) is 25.5. The van der Waals surface area contributed by atoms with Crippen molar-refractivity contribution in [1.29, 1.82) is 0 Å². The number of halogens is 1. The van der Waals surface area contributed by atoms with E-state index in [1.807, 2.05) is 91.0 Å². The van der Waals surface area contributed by atoms with Crippen molar-refractivity contribution < 1.29 is 23.2 Å². The Balaban J connectivity index is 0.000000732. The number of fused-ring (bicyclic) bond motifs is 1. The second-order valence-corrected chi connectivity index (χ2v) is 11.5. The Morgan fingerprint density at radius 3 is 2.37 bits per heavy atom. The highest BCUT2D eigenvalue weighted by molar-refractivity contribution is 7.85. The number of aliphatic hydroxyl groups excluding tert-OH is 1. The Hall–Kier alpha value is -3.07. The van der Waals surface area contributed by atoms with Gasteiger partial charge >= 0.3 is 0 Å². The smallest absolute Gasteiger partial charge is 0.261 e. The predicted molar refractivity (Wildman–Crippen MR) is 155 cm³/mol. The van der Waals surface area contributed by atoms with E-state index in [9.17, 15) is 18.6 Å². The van der Waals surface area contributed by atoms with Gasteiger partial charge in [0.15, 0.2) is 0 Å². The first kappa shape index (κ1) is 29.5. The molecular formula is C30H32ClNO5S. The minimum absolute atomic E-state index is 0.577. The van der Waals surface area contributed by atoms with Gasteiger partial charge in [-0.1, -0.05) is 72.3 Å². The normalized spacial score (nSPS) is 12.8. The van der Waals surface area contributed by atoms with E-state index >= 15 is 0 Å².